The quantitative estimate of drug-likeness (QED) is 0.829. The molecule has 1 aromatic heterocycles. The predicted molar refractivity (Wildman–Crippen MR) is 73.7 cm³/mol. The molecule has 17 heavy (non-hydrogen) atoms. The number of anilines is 1. The first-order valence-electron chi connectivity index (χ1n) is 6.53. The molecule has 1 heterocycles. The molecule has 1 fully saturated rings. The summed E-state index contributed by atoms with van der Waals surface area (Å²) in [4.78, 5) is 8.71. The minimum absolute atomic E-state index is 0.756. The van der Waals surface area contributed by atoms with Crippen molar-refractivity contribution in [3.8, 4) is 0 Å². The standard InChI is InChI=1S/C13H21N3S/c1-3-14-12-10(2)13(16-9-15-12)17-11-7-5-4-6-8-11/h9,11H,3-8H2,1-2H3,(H,14,15,16). The first-order valence-corrected chi connectivity index (χ1v) is 7.41. The van der Waals surface area contributed by atoms with Crippen LogP contribution in [0.1, 0.15) is 44.6 Å². The summed E-state index contributed by atoms with van der Waals surface area (Å²) >= 11 is 1.94. The third kappa shape index (κ3) is 3.35. The van der Waals surface area contributed by atoms with Gasteiger partial charge in [0.15, 0.2) is 0 Å². The predicted octanol–water partition coefficient (Wildman–Crippen LogP) is 3.64. The van der Waals surface area contributed by atoms with Crippen molar-refractivity contribution in [1.82, 2.24) is 9.97 Å². The van der Waals surface area contributed by atoms with E-state index in [4.69, 9.17) is 0 Å². The highest BCUT2D eigenvalue weighted by molar-refractivity contribution is 7.99. The summed E-state index contributed by atoms with van der Waals surface area (Å²) in [5, 5.41) is 5.20. The minimum Gasteiger partial charge on any atom is -0.370 e. The number of nitrogens with zero attached hydrogens (tertiary/aromatic N) is 2. The van der Waals surface area contributed by atoms with Crippen LogP contribution in [-0.4, -0.2) is 21.8 Å². The second-order valence-electron chi connectivity index (χ2n) is 4.56. The topological polar surface area (TPSA) is 37.8 Å². The highest BCUT2D eigenvalue weighted by Gasteiger charge is 2.17. The highest BCUT2D eigenvalue weighted by atomic mass is 32.2. The largest absolute Gasteiger partial charge is 0.370 e. The molecule has 0 saturated heterocycles. The number of hydrogen-bond donors (Lipinski definition) is 1. The van der Waals surface area contributed by atoms with Crippen LogP contribution in [0.3, 0.4) is 0 Å². The molecule has 4 heteroatoms. The van der Waals surface area contributed by atoms with Crippen molar-refractivity contribution in [2.75, 3.05) is 11.9 Å². The van der Waals surface area contributed by atoms with Gasteiger partial charge in [-0.2, -0.15) is 0 Å². The SMILES string of the molecule is CCNc1ncnc(SC2CCCCC2)c1C. The van der Waals surface area contributed by atoms with Gasteiger partial charge < -0.3 is 5.32 Å². The molecule has 1 aliphatic rings. The minimum atomic E-state index is 0.756. The maximum absolute atomic E-state index is 4.43. The van der Waals surface area contributed by atoms with Crippen molar-refractivity contribution in [3.05, 3.63) is 11.9 Å². The molecule has 1 aromatic rings. The lowest BCUT2D eigenvalue weighted by molar-refractivity contribution is 0.515. The molecule has 0 bridgehead atoms. The fourth-order valence-electron chi connectivity index (χ4n) is 2.24. The smallest absolute Gasteiger partial charge is 0.133 e. The molecular weight excluding hydrogens is 230 g/mol. The Morgan fingerprint density at radius 3 is 2.76 bits per heavy atom. The normalized spacial score (nSPS) is 17.1. The van der Waals surface area contributed by atoms with Crippen LogP contribution in [0.5, 0.6) is 0 Å². The molecular formula is C13H21N3S. The Kier molecular flexibility index (Phi) is 4.66. The van der Waals surface area contributed by atoms with Crippen LogP contribution < -0.4 is 5.32 Å². The van der Waals surface area contributed by atoms with Gasteiger partial charge in [-0.05, 0) is 26.7 Å². The van der Waals surface area contributed by atoms with Crippen molar-refractivity contribution in [1.29, 1.82) is 0 Å². The molecule has 0 spiro atoms. The van der Waals surface area contributed by atoms with Gasteiger partial charge in [-0.15, -0.1) is 11.8 Å². The zero-order valence-corrected chi connectivity index (χ0v) is 11.5. The molecule has 1 N–H and O–H groups in total. The monoisotopic (exact) mass is 251 g/mol. The molecule has 1 saturated carbocycles. The molecule has 3 nitrogen and oxygen atoms in total. The van der Waals surface area contributed by atoms with E-state index in [0.717, 1.165) is 22.6 Å². The van der Waals surface area contributed by atoms with E-state index in [1.165, 1.54) is 37.7 Å². The summed E-state index contributed by atoms with van der Waals surface area (Å²) in [6, 6.07) is 0. The van der Waals surface area contributed by atoms with Crippen molar-refractivity contribution in [2.24, 2.45) is 0 Å². The van der Waals surface area contributed by atoms with Crippen LogP contribution in [0.15, 0.2) is 11.4 Å². The van der Waals surface area contributed by atoms with Crippen LogP contribution in [0.4, 0.5) is 5.82 Å². The fourth-order valence-corrected chi connectivity index (χ4v) is 3.51. The molecule has 0 unspecified atom stereocenters. The lowest BCUT2D eigenvalue weighted by Crippen LogP contribution is -2.09. The summed E-state index contributed by atoms with van der Waals surface area (Å²) in [6.45, 7) is 5.12. The first kappa shape index (κ1) is 12.7. The summed E-state index contributed by atoms with van der Waals surface area (Å²) < 4.78 is 0. The van der Waals surface area contributed by atoms with Crippen LogP contribution in [-0.2, 0) is 0 Å². The Hall–Kier alpha value is -0.770. The van der Waals surface area contributed by atoms with Gasteiger partial charge in [0.1, 0.15) is 17.2 Å². The van der Waals surface area contributed by atoms with Crippen molar-refractivity contribution < 1.29 is 0 Å². The van der Waals surface area contributed by atoms with Crippen molar-refractivity contribution >= 4 is 17.6 Å². The summed E-state index contributed by atoms with van der Waals surface area (Å²) in [6.07, 6.45) is 8.51. The number of hydrogen-bond acceptors (Lipinski definition) is 4. The van der Waals surface area contributed by atoms with Gasteiger partial charge in [-0.25, -0.2) is 9.97 Å². The van der Waals surface area contributed by atoms with Crippen LogP contribution in [0, 0.1) is 6.92 Å². The maximum Gasteiger partial charge on any atom is 0.133 e. The van der Waals surface area contributed by atoms with E-state index in [2.05, 4.69) is 29.1 Å². The van der Waals surface area contributed by atoms with Crippen molar-refractivity contribution in [2.45, 2.75) is 56.2 Å². The van der Waals surface area contributed by atoms with Gasteiger partial charge in [0.2, 0.25) is 0 Å². The molecule has 0 atom stereocenters. The molecule has 94 valence electrons. The van der Waals surface area contributed by atoms with Gasteiger partial charge in [0.05, 0.1) is 0 Å². The number of aromatic nitrogens is 2. The summed E-state index contributed by atoms with van der Waals surface area (Å²) in [5.41, 5.74) is 1.20. The third-order valence-corrected chi connectivity index (χ3v) is 4.65. The number of nitrogens with one attached hydrogen (secondary N) is 1. The zero-order valence-electron chi connectivity index (χ0n) is 10.7. The molecule has 2 rings (SSSR count). The second-order valence-corrected chi connectivity index (χ2v) is 5.85. The zero-order chi connectivity index (χ0) is 12.1. The van der Waals surface area contributed by atoms with Crippen molar-refractivity contribution in [3.63, 3.8) is 0 Å². The Morgan fingerprint density at radius 1 is 1.29 bits per heavy atom. The molecule has 0 aliphatic heterocycles. The van der Waals surface area contributed by atoms with Crippen LogP contribution in [0.2, 0.25) is 0 Å². The van der Waals surface area contributed by atoms with E-state index in [9.17, 15) is 0 Å². The highest BCUT2D eigenvalue weighted by Crippen LogP contribution is 2.34. The maximum atomic E-state index is 4.43. The summed E-state index contributed by atoms with van der Waals surface area (Å²) in [5.74, 6) is 0.987. The molecule has 0 radical (unpaired) electrons. The van der Waals surface area contributed by atoms with Crippen LogP contribution in [0.25, 0.3) is 0 Å². The van der Waals surface area contributed by atoms with E-state index < -0.39 is 0 Å². The first-order chi connectivity index (χ1) is 8.31. The third-order valence-electron chi connectivity index (χ3n) is 3.21. The van der Waals surface area contributed by atoms with E-state index in [1.54, 1.807) is 6.33 Å². The average Bonchev–Trinajstić information content (AvgIpc) is 2.36. The van der Waals surface area contributed by atoms with Gasteiger partial charge in [-0.3, -0.25) is 0 Å². The molecule has 0 amide bonds. The van der Waals surface area contributed by atoms with E-state index in [-0.39, 0.29) is 0 Å². The lowest BCUT2D eigenvalue weighted by atomic mass is 10.0. The lowest BCUT2D eigenvalue weighted by Gasteiger charge is -2.21. The Morgan fingerprint density at radius 2 is 2.06 bits per heavy atom. The average molecular weight is 251 g/mol. The van der Waals surface area contributed by atoms with Gasteiger partial charge in [0.25, 0.3) is 0 Å². The molecule has 0 aromatic carbocycles. The summed E-state index contributed by atoms with van der Waals surface area (Å²) in [7, 11) is 0. The van der Waals surface area contributed by atoms with Crippen LogP contribution >= 0.6 is 11.8 Å². The number of thioether (sulfide) groups is 1. The Balaban J connectivity index is 2.06. The van der Waals surface area contributed by atoms with Gasteiger partial charge >= 0.3 is 0 Å². The van der Waals surface area contributed by atoms with E-state index >= 15 is 0 Å². The fraction of sp³-hybridized carbons (Fsp3) is 0.692. The second kappa shape index (κ2) is 6.24. The van der Waals surface area contributed by atoms with Gasteiger partial charge in [-0.1, -0.05) is 19.3 Å². The molecule has 1 aliphatic carbocycles. The Labute approximate surface area is 108 Å². The van der Waals surface area contributed by atoms with E-state index in [0.29, 0.717) is 0 Å². The Bertz CT molecular complexity index is 362. The van der Waals surface area contributed by atoms with Gasteiger partial charge in [0, 0.05) is 17.4 Å². The number of rotatable bonds is 4. The van der Waals surface area contributed by atoms with E-state index in [1.807, 2.05) is 11.8 Å².